The van der Waals surface area contributed by atoms with Gasteiger partial charge >= 0.3 is 0 Å². The van der Waals surface area contributed by atoms with Crippen LogP contribution in [0.2, 0.25) is 0 Å². The van der Waals surface area contributed by atoms with E-state index < -0.39 is 0 Å². The molecule has 1 unspecified atom stereocenters. The quantitative estimate of drug-likeness (QED) is 0.780. The molecule has 1 N–H and O–H groups in total. The van der Waals surface area contributed by atoms with Gasteiger partial charge in [-0.2, -0.15) is 0 Å². The number of amides is 1. The van der Waals surface area contributed by atoms with Crippen molar-refractivity contribution in [2.45, 2.75) is 31.7 Å². The SMILES string of the molecule is O=C(CCc1cccnc1)NC1C=CCC1. The van der Waals surface area contributed by atoms with E-state index in [2.05, 4.69) is 22.5 Å². The number of nitrogens with one attached hydrogen (secondary N) is 1. The fraction of sp³-hybridized carbons (Fsp3) is 0.385. The van der Waals surface area contributed by atoms with E-state index in [9.17, 15) is 4.79 Å². The summed E-state index contributed by atoms with van der Waals surface area (Å²) in [5, 5.41) is 3.00. The number of allylic oxidation sites excluding steroid dienone is 1. The first kappa shape index (κ1) is 10.9. The summed E-state index contributed by atoms with van der Waals surface area (Å²) in [4.78, 5) is 15.6. The van der Waals surface area contributed by atoms with Gasteiger partial charge in [-0.3, -0.25) is 9.78 Å². The largest absolute Gasteiger partial charge is 0.350 e. The minimum absolute atomic E-state index is 0.125. The zero-order chi connectivity index (χ0) is 11.2. The number of nitrogens with zero attached hydrogens (tertiary/aromatic N) is 1. The van der Waals surface area contributed by atoms with E-state index in [0.29, 0.717) is 6.42 Å². The molecule has 3 heteroatoms. The monoisotopic (exact) mass is 216 g/mol. The van der Waals surface area contributed by atoms with Gasteiger partial charge in [-0.05, 0) is 30.9 Å². The Bertz CT molecular complexity index is 373. The van der Waals surface area contributed by atoms with Crippen molar-refractivity contribution in [3.8, 4) is 0 Å². The Balaban J connectivity index is 1.73. The van der Waals surface area contributed by atoms with E-state index in [4.69, 9.17) is 0 Å². The molecule has 1 aliphatic rings. The average molecular weight is 216 g/mol. The maximum absolute atomic E-state index is 11.6. The maximum atomic E-state index is 11.6. The van der Waals surface area contributed by atoms with Crippen LogP contribution in [0.5, 0.6) is 0 Å². The molecule has 1 atom stereocenters. The molecule has 0 bridgehead atoms. The molecular formula is C13H16N2O. The molecule has 1 amide bonds. The second-order valence-corrected chi connectivity index (χ2v) is 4.04. The van der Waals surface area contributed by atoms with Gasteiger partial charge in [-0.1, -0.05) is 18.2 Å². The predicted octanol–water partition coefficient (Wildman–Crippen LogP) is 1.85. The van der Waals surface area contributed by atoms with Crippen molar-refractivity contribution in [1.29, 1.82) is 0 Å². The molecule has 1 aromatic rings. The lowest BCUT2D eigenvalue weighted by Gasteiger charge is -2.10. The highest BCUT2D eigenvalue weighted by molar-refractivity contribution is 5.76. The fourth-order valence-corrected chi connectivity index (χ4v) is 1.84. The van der Waals surface area contributed by atoms with Crippen molar-refractivity contribution in [3.05, 3.63) is 42.2 Å². The normalized spacial score (nSPS) is 18.6. The number of carbonyl (C=O) groups is 1. The predicted molar refractivity (Wildman–Crippen MR) is 62.9 cm³/mol. The van der Waals surface area contributed by atoms with E-state index in [0.717, 1.165) is 24.8 Å². The second-order valence-electron chi connectivity index (χ2n) is 4.04. The van der Waals surface area contributed by atoms with Crippen molar-refractivity contribution in [2.24, 2.45) is 0 Å². The molecule has 16 heavy (non-hydrogen) atoms. The number of hydrogen-bond donors (Lipinski definition) is 1. The van der Waals surface area contributed by atoms with Crippen molar-refractivity contribution in [2.75, 3.05) is 0 Å². The van der Waals surface area contributed by atoms with Crippen LogP contribution < -0.4 is 5.32 Å². The molecule has 0 aliphatic heterocycles. The highest BCUT2D eigenvalue weighted by Gasteiger charge is 2.11. The minimum atomic E-state index is 0.125. The molecular weight excluding hydrogens is 200 g/mol. The van der Waals surface area contributed by atoms with Gasteiger partial charge in [0.05, 0.1) is 0 Å². The lowest BCUT2D eigenvalue weighted by atomic mass is 10.1. The molecule has 0 spiro atoms. The summed E-state index contributed by atoms with van der Waals surface area (Å²) in [6.07, 6.45) is 11.2. The van der Waals surface area contributed by atoms with Crippen LogP contribution in [0.1, 0.15) is 24.8 Å². The van der Waals surface area contributed by atoms with Gasteiger partial charge in [0.2, 0.25) is 5.91 Å². The summed E-state index contributed by atoms with van der Waals surface area (Å²) in [6.45, 7) is 0. The van der Waals surface area contributed by atoms with Crippen LogP contribution in [0.25, 0.3) is 0 Å². The highest BCUT2D eigenvalue weighted by Crippen LogP contribution is 2.09. The summed E-state index contributed by atoms with van der Waals surface area (Å²) in [5.74, 6) is 0.125. The van der Waals surface area contributed by atoms with Gasteiger partial charge in [0.15, 0.2) is 0 Å². The third-order valence-electron chi connectivity index (χ3n) is 2.72. The first-order chi connectivity index (χ1) is 7.84. The van der Waals surface area contributed by atoms with Crippen LogP contribution in [-0.4, -0.2) is 16.9 Å². The summed E-state index contributed by atoms with van der Waals surface area (Å²) in [7, 11) is 0. The van der Waals surface area contributed by atoms with Gasteiger partial charge in [0.25, 0.3) is 0 Å². The van der Waals surface area contributed by atoms with Gasteiger partial charge in [0.1, 0.15) is 0 Å². The van der Waals surface area contributed by atoms with Crippen molar-refractivity contribution in [1.82, 2.24) is 10.3 Å². The third-order valence-corrected chi connectivity index (χ3v) is 2.72. The molecule has 1 aliphatic carbocycles. The molecule has 1 heterocycles. The molecule has 0 saturated heterocycles. The summed E-state index contributed by atoms with van der Waals surface area (Å²) in [6, 6.07) is 4.14. The second kappa shape index (κ2) is 5.45. The molecule has 0 radical (unpaired) electrons. The molecule has 0 aromatic carbocycles. The van der Waals surface area contributed by atoms with Crippen LogP contribution in [0.3, 0.4) is 0 Å². The van der Waals surface area contributed by atoms with E-state index in [1.807, 2.05) is 18.3 Å². The number of pyridine rings is 1. The van der Waals surface area contributed by atoms with Crippen LogP contribution in [-0.2, 0) is 11.2 Å². The maximum Gasteiger partial charge on any atom is 0.220 e. The summed E-state index contributed by atoms with van der Waals surface area (Å²) in [5.41, 5.74) is 1.11. The number of aryl methyl sites for hydroxylation is 1. The van der Waals surface area contributed by atoms with Crippen molar-refractivity contribution >= 4 is 5.91 Å². The zero-order valence-corrected chi connectivity index (χ0v) is 9.23. The van der Waals surface area contributed by atoms with E-state index in [-0.39, 0.29) is 11.9 Å². The topological polar surface area (TPSA) is 42.0 Å². The first-order valence-electron chi connectivity index (χ1n) is 5.69. The zero-order valence-electron chi connectivity index (χ0n) is 9.23. The molecule has 3 nitrogen and oxygen atoms in total. The van der Waals surface area contributed by atoms with Crippen LogP contribution in [0, 0.1) is 0 Å². The van der Waals surface area contributed by atoms with E-state index in [1.54, 1.807) is 6.20 Å². The van der Waals surface area contributed by atoms with Gasteiger partial charge < -0.3 is 5.32 Å². The molecule has 0 saturated carbocycles. The van der Waals surface area contributed by atoms with Crippen molar-refractivity contribution in [3.63, 3.8) is 0 Å². The lowest BCUT2D eigenvalue weighted by molar-refractivity contribution is -0.121. The number of hydrogen-bond acceptors (Lipinski definition) is 2. The van der Waals surface area contributed by atoms with Gasteiger partial charge in [0, 0.05) is 24.9 Å². The summed E-state index contributed by atoms with van der Waals surface area (Å²) < 4.78 is 0. The standard InChI is InChI=1S/C13H16N2O/c16-13(15-12-5-1-2-6-12)8-7-11-4-3-9-14-10-11/h1,3-5,9-10,12H,2,6-8H2,(H,15,16). The Hall–Kier alpha value is -1.64. The lowest BCUT2D eigenvalue weighted by Crippen LogP contribution is -2.32. The van der Waals surface area contributed by atoms with Crippen molar-refractivity contribution < 1.29 is 4.79 Å². The third kappa shape index (κ3) is 3.19. The van der Waals surface area contributed by atoms with Gasteiger partial charge in [-0.15, -0.1) is 0 Å². The highest BCUT2D eigenvalue weighted by atomic mass is 16.1. The van der Waals surface area contributed by atoms with E-state index in [1.165, 1.54) is 0 Å². The van der Waals surface area contributed by atoms with E-state index >= 15 is 0 Å². The Morgan fingerprint density at radius 2 is 2.50 bits per heavy atom. The number of rotatable bonds is 4. The molecule has 84 valence electrons. The minimum Gasteiger partial charge on any atom is -0.350 e. The van der Waals surface area contributed by atoms with Crippen LogP contribution in [0.4, 0.5) is 0 Å². The fourth-order valence-electron chi connectivity index (χ4n) is 1.84. The van der Waals surface area contributed by atoms with Crippen LogP contribution >= 0.6 is 0 Å². The Morgan fingerprint density at radius 1 is 1.56 bits per heavy atom. The Morgan fingerprint density at radius 3 is 3.19 bits per heavy atom. The number of carbonyl (C=O) groups excluding carboxylic acids is 1. The van der Waals surface area contributed by atoms with Gasteiger partial charge in [-0.25, -0.2) is 0 Å². The number of aromatic nitrogens is 1. The molecule has 1 aromatic heterocycles. The smallest absolute Gasteiger partial charge is 0.220 e. The molecule has 0 fully saturated rings. The summed E-state index contributed by atoms with van der Waals surface area (Å²) >= 11 is 0. The Kier molecular flexibility index (Phi) is 3.70. The first-order valence-corrected chi connectivity index (χ1v) is 5.69. The molecule has 2 rings (SSSR count). The van der Waals surface area contributed by atoms with Crippen LogP contribution in [0.15, 0.2) is 36.7 Å². The average Bonchev–Trinajstić information content (AvgIpc) is 2.81. The Labute approximate surface area is 95.6 Å².